The molecule has 7 aromatic carbocycles. The number of nitriles is 1. The van der Waals surface area contributed by atoms with E-state index in [1.54, 1.807) is 0 Å². The molecule has 0 saturated carbocycles. The van der Waals surface area contributed by atoms with Crippen molar-refractivity contribution in [1.82, 2.24) is 24.1 Å². The van der Waals surface area contributed by atoms with Crippen LogP contribution in [0.15, 0.2) is 152 Å². The molecule has 9 heteroatoms. The van der Waals surface area contributed by atoms with Crippen LogP contribution in [0.3, 0.4) is 0 Å². The third-order valence-corrected chi connectivity index (χ3v) is 10.3. The van der Waals surface area contributed by atoms with Gasteiger partial charge in [0.2, 0.25) is 0 Å². The average Bonchev–Trinajstić information content (AvgIpc) is 3.76. The highest BCUT2D eigenvalue weighted by Gasteiger charge is 2.26. The molecule has 3 aromatic heterocycles. The molecule has 0 unspecified atom stereocenters. The Bertz CT molecular complexity index is 3130. The zero-order chi connectivity index (χ0) is 37.2. The van der Waals surface area contributed by atoms with Crippen molar-refractivity contribution >= 4 is 83.5 Å². The minimum atomic E-state index is 0.123. The molecule has 0 aliphatic carbocycles. The van der Waals surface area contributed by atoms with Crippen LogP contribution in [0.5, 0.6) is 0 Å². The quantitative estimate of drug-likeness (QED) is 0.177. The first-order chi connectivity index (χ1) is 27.0. The van der Waals surface area contributed by atoms with Gasteiger partial charge in [-0.25, -0.2) is 15.0 Å². The first-order valence-corrected chi connectivity index (χ1v) is 17.8. The lowest BCUT2D eigenvalue weighted by molar-refractivity contribution is 1.08. The predicted molar refractivity (Wildman–Crippen MR) is 226 cm³/mol. The van der Waals surface area contributed by atoms with Crippen molar-refractivity contribution in [2.45, 2.75) is 0 Å². The summed E-state index contributed by atoms with van der Waals surface area (Å²) in [5.74, 6) is 1.08. The fourth-order valence-corrected chi connectivity index (χ4v) is 7.90. The summed E-state index contributed by atoms with van der Waals surface area (Å²) in [6.45, 7) is 0. The van der Waals surface area contributed by atoms with Gasteiger partial charge in [-0.15, -0.1) is 0 Å². The summed E-state index contributed by atoms with van der Waals surface area (Å²) in [6.07, 6.45) is 0. The highest BCUT2D eigenvalue weighted by Crippen LogP contribution is 2.42. The van der Waals surface area contributed by atoms with Crippen LogP contribution in [-0.2, 0) is 0 Å². The second kappa shape index (κ2) is 12.8. The van der Waals surface area contributed by atoms with Crippen molar-refractivity contribution < 1.29 is 0 Å². The number of hydrogen-bond acceptors (Lipinski definition) is 4. The second-order valence-electron chi connectivity index (χ2n) is 13.4. The van der Waals surface area contributed by atoms with E-state index in [4.69, 9.17) is 38.5 Å². The van der Waals surface area contributed by atoms with E-state index >= 15 is 0 Å². The van der Waals surface area contributed by atoms with Crippen molar-refractivity contribution in [3.63, 3.8) is 0 Å². The van der Waals surface area contributed by atoms with E-state index in [1.165, 1.54) is 0 Å². The van der Waals surface area contributed by atoms with Crippen molar-refractivity contribution in [1.29, 1.82) is 5.26 Å². The molecule has 0 atom stereocenters. The van der Waals surface area contributed by atoms with E-state index in [0.717, 1.165) is 60.4 Å². The maximum atomic E-state index is 11.0. The van der Waals surface area contributed by atoms with E-state index in [-0.39, 0.29) is 33.3 Å². The Morgan fingerprint density at radius 1 is 0.455 bits per heavy atom. The molecule has 0 spiro atoms. The Kier molecular flexibility index (Phi) is 7.53. The number of nitrogens with zero attached hydrogens (tertiary/aromatic N) is 6. The molecular weight excluding hydrogens is 669 g/mol. The molecular formula is C46H25B3N6. The molecule has 6 radical (unpaired) electrons. The molecule has 0 fully saturated rings. The summed E-state index contributed by atoms with van der Waals surface area (Å²) in [7, 11) is 21.3. The number of aromatic nitrogens is 5. The third kappa shape index (κ3) is 4.96. The summed E-state index contributed by atoms with van der Waals surface area (Å²) in [4.78, 5) is 14.6. The summed E-state index contributed by atoms with van der Waals surface area (Å²) in [5, 5.41) is 15.1. The van der Waals surface area contributed by atoms with E-state index in [1.807, 2.05) is 109 Å². The molecule has 3 heterocycles. The van der Waals surface area contributed by atoms with Crippen LogP contribution in [0.1, 0.15) is 5.56 Å². The third-order valence-electron chi connectivity index (χ3n) is 10.3. The minimum Gasteiger partial charge on any atom is -0.309 e. The molecule has 10 rings (SSSR count). The monoisotopic (exact) mass is 694 g/mol. The van der Waals surface area contributed by atoms with Gasteiger partial charge in [-0.05, 0) is 30.3 Å². The van der Waals surface area contributed by atoms with Crippen LogP contribution in [-0.4, -0.2) is 47.6 Å². The second-order valence-corrected chi connectivity index (χ2v) is 13.4. The van der Waals surface area contributed by atoms with Crippen molar-refractivity contribution in [2.24, 2.45) is 0 Å². The Morgan fingerprint density at radius 2 is 0.982 bits per heavy atom. The molecule has 0 aliphatic rings. The van der Waals surface area contributed by atoms with Gasteiger partial charge in [0.05, 0.1) is 33.3 Å². The standard InChI is InChI=1S/C46H25B3N6/c47-39-33(26-50)43(41(49)40(48)38(39)46-52-44(27-14-4-1-5-15-27)51-45(53-46)28-16-6-2-7-17-28)55-34-22-12-10-20-30(34)31-24-25-36-37(42(31)55)32-21-11-13-23-35(32)54(36)29-18-8-3-9-19-29/h1-25H. The van der Waals surface area contributed by atoms with Gasteiger partial charge in [0, 0.05) is 43.9 Å². The lowest BCUT2D eigenvalue weighted by Crippen LogP contribution is -2.39. The average molecular weight is 694 g/mol. The maximum Gasteiger partial charge on any atom is 0.164 e. The highest BCUT2D eigenvalue weighted by molar-refractivity contribution is 6.56. The Labute approximate surface area is 320 Å². The van der Waals surface area contributed by atoms with E-state index in [9.17, 15) is 5.26 Å². The van der Waals surface area contributed by atoms with Crippen LogP contribution >= 0.6 is 0 Å². The fraction of sp³-hybridized carbons (Fsp3) is 0. The molecule has 0 aliphatic heterocycles. The van der Waals surface area contributed by atoms with Gasteiger partial charge in [-0.2, -0.15) is 5.26 Å². The topological polar surface area (TPSA) is 72.3 Å². The zero-order valence-electron chi connectivity index (χ0n) is 29.3. The molecule has 0 saturated heterocycles. The number of fused-ring (bicyclic) bond motifs is 7. The summed E-state index contributed by atoms with van der Waals surface area (Å²) < 4.78 is 4.32. The lowest BCUT2D eigenvalue weighted by atomic mass is 9.69. The van der Waals surface area contributed by atoms with Gasteiger partial charge in [-0.1, -0.05) is 138 Å². The Hall–Kier alpha value is -7.17. The van der Waals surface area contributed by atoms with Crippen LogP contribution in [0, 0.1) is 11.3 Å². The molecule has 6 nitrogen and oxygen atoms in total. The van der Waals surface area contributed by atoms with Gasteiger partial charge < -0.3 is 9.13 Å². The SMILES string of the molecule is [B]c1c([B])c(-n2c3ccccc3c3ccc4c(c5ccccc5n4-c4ccccc4)c32)c(C#N)c([B])c1-c1nc(-c2ccccc2)nc(-c2ccccc2)n1. The number of rotatable bonds is 5. The van der Waals surface area contributed by atoms with Crippen molar-refractivity contribution in [3.8, 4) is 51.6 Å². The van der Waals surface area contributed by atoms with Gasteiger partial charge in [0.25, 0.3) is 0 Å². The van der Waals surface area contributed by atoms with Crippen LogP contribution in [0.4, 0.5) is 0 Å². The van der Waals surface area contributed by atoms with Gasteiger partial charge in [0.15, 0.2) is 17.5 Å². The molecule has 0 N–H and O–H groups in total. The van der Waals surface area contributed by atoms with E-state index < -0.39 is 0 Å². The minimum absolute atomic E-state index is 0.123. The maximum absolute atomic E-state index is 11.0. The Balaban J connectivity index is 1.31. The summed E-state index contributed by atoms with van der Waals surface area (Å²) in [5.41, 5.74) is 7.73. The molecule has 0 amide bonds. The number of para-hydroxylation sites is 3. The van der Waals surface area contributed by atoms with Gasteiger partial charge in [-0.3, -0.25) is 0 Å². The molecule has 10 aromatic rings. The zero-order valence-corrected chi connectivity index (χ0v) is 29.3. The highest BCUT2D eigenvalue weighted by atomic mass is 15.0. The summed E-state index contributed by atoms with van der Waals surface area (Å²) in [6, 6.07) is 52.7. The fourth-order valence-electron chi connectivity index (χ4n) is 7.90. The normalized spacial score (nSPS) is 11.5. The van der Waals surface area contributed by atoms with E-state index in [2.05, 4.69) is 57.7 Å². The number of hydrogen-bond donors (Lipinski definition) is 0. The lowest BCUT2D eigenvalue weighted by Gasteiger charge is -2.22. The Morgan fingerprint density at radius 3 is 1.60 bits per heavy atom. The molecule has 55 heavy (non-hydrogen) atoms. The van der Waals surface area contributed by atoms with Gasteiger partial charge in [0.1, 0.15) is 29.6 Å². The van der Waals surface area contributed by atoms with Crippen LogP contribution < -0.4 is 16.4 Å². The predicted octanol–water partition coefficient (Wildman–Crippen LogP) is 7.32. The van der Waals surface area contributed by atoms with Gasteiger partial charge >= 0.3 is 0 Å². The smallest absolute Gasteiger partial charge is 0.164 e. The van der Waals surface area contributed by atoms with Crippen molar-refractivity contribution in [2.75, 3.05) is 0 Å². The van der Waals surface area contributed by atoms with Crippen LogP contribution in [0.25, 0.3) is 89.2 Å². The van der Waals surface area contributed by atoms with E-state index in [0.29, 0.717) is 17.3 Å². The van der Waals surface area contributed by atoms with Crippen molar-refractivity contribution in [3.05, 3.63) is 157 Å². The summed E-state index contributed by atoms with van der Waals surface area (Å²) >= 11 is 0. The molecule has 0 bridgehead atoms. The first kappa shape index (κ1) is 32.5. The van der Waals surface area contributed by atoms with Crippen LogP contribution in [0.2, 0.25) is 0 Å². The molecule has 248 valence electrons. The largest absolute Gasteiger partial charge is 0.309 e. The number of benzene rings is 7. The first-order valence-electron chi connectivity index (χ1n) is 17.8.